The Morgan fingerprint density at radius 1 is 1.20 bits per heavy atom. The van der Waals surface area contributed by atoms with Crippen LogP contribution in [0.3, 0.4) is 0 Å². The minimum atomic E-state index is 0.664. The van der Waals surface area contributed by atoms with Gasteiger partial charge in [0, 0.05) is 25.7 Å². The van der Waals surface area contributed by atoms with E-state index in [9.17, 15) is 0 Å². The van der Waals surface area contributed by atoms with Gasteiger partial charge in [0.2, 0.25) is 0 Å². The predicted octanol–water partition coefficient (Wildman–Crippen LogP) is 4.76. The summed E-state index contributed by atoms with van der Waals surface area (Å²) in [6.07, 6.45) is 5.25. The van der Waals surface area contributed by atoms with E-state index in [4.69, 9.17) is 9.47 Å². The van der Waals surface area contributed by atoms with Crippen LogP contribution >= 0.6 is 11.3 Å². The molecule has 2 aliphatic heterocycles. The number of piperidine rings is 1. The third-order valence-corrected chi connectivity index (χ3v) is 6.10. The van der Waals surface area contributed by atoms with E-state index in [1.165, 1.54) is 23.3 Å². The second-order valence-corrected chi connectivity index (χ2v) is 7.84. The van der Waals surface area contributed by atoms with E-state index in [0.29, 0.717) is 12.5 Å². The molecule has 1 aromatic carbocycles. The third-order valence-electron chi connectivity index (χ3n) is 4.99. The zero-order valence-corrected chi connectivity index (χ0v) is 15.5. The molecule has 0 amide bonds. The number of benzene rings is 1. The van der Waals surface area contributed by atoms with Gasteiger partial charge in [0.1, 0.15) is 0 Å². The lowest BCUT2D eigenvalue weighted by molar-refractivity contribution is 0.297. The molecule has 0 saturated carbocycles. The summed E-state index contributed by atoms with van der Waals surface area (Å²) < 4.78 is 11.5. The van der Waals surface area contributed by atoms with Gasteiger partial charge in [-0.1, -0.05) is 23.5 Å². The molecule has 0 N–H and O–H groups in total. The van der Waals surface area contributed by atoms with Crippen molar-refractivity contribution in [3.63, 3.8) is 0 Å². The molecule has 132 valence electrons. The maximum atomic E-state index is 5.81. The molecule has 1 fully saturated rings. The maximum absolute atomic E-state index is 5.81. The number of allylic oxidation sites excluding steroid dienone is 1. The highest BCUT2D eigenvalue weighted by Gasteiger charge is 2.22. The van der Waals surface area contributed by atoms with Crippen LogP contribution in [0.25, 0.3) is 10.4 Å². The number of aromatic nitrogens is 1. The van der Waals surface area contributed by atoms with E-state index in [1.54, 1.807) is 11.3 Å². The summed E-state index contributed by atoms with van der Waals surface area (Å²) in [4.78, 5) is 8.24. The number of anilines is 1. The molecule has 0 aliphatic carbocycles. The van der Waals surface area contributed by atoms with Gasteiger partial charge in [0.25, 0.3) is 0 Å². The molecule has 5 heteroatoms. The Balaban J connectivity index is 1.50. The van der Waals surface area contributed by atoms with E-state index in [2.05, 4.69) is 35.5 Å². The van der Waals surface area contributed by atoms with Gasteiger partial charge < -0.3 is 14.4 Å². The number of hydrogen-bond acceptors (Lipinski definition) is 5. The largest absolute Gasteiger partial charge is 0.490 e. The van der Waals surface area contributed by atoms with Crippen LogP contribution in [0.1, 0.15) is 26.2 Å². The monoisotopic (exact) mass is 356 g/mol. The lowest BCUT2D eigenvalue weighted by Gasteiger charge is -2.31. The highest BCUT2D eigenvalue weighted by Crippen LogP contribution is 2.38. The molecule has 4 rings (SSSR count). The molecular weight excluding hydrogens is 332 g/mol. The summed E-state index contributed by atoms with van der Waals surface area (Å²) in [5.74, 6) is 2.34. The molecule has 0 spiro atoms. The van der Waals surface area contributed by atoms with Gasteiger partial charge in [-0.3, -0.25) is 0 Å². The summed E-state index contributed by atoms with van der Waals surface area (Å²) in [5, 5.41) is 1.11. The van der Waals surface area contributed by atoms with Crippen LogP contribution in [0.2, 0.25) is 0 Å². The molecule has 1 saturated heterocycles. The van der Waals surface area contributed by atoms with Crippen molar-refractivity contribution in [2.45, 2.75) is 26.2 Å². The molecule has 2 aliphatic rings. The molecule has 0 atom stereocenters. The van der Waals surface area contributed by atoms with Crippen LogP contribution in [-0.4, -0.2) is 31.3 Å². The Bertz CT molecular complexity index is 763. The second kappa shape index (κ2) is 7.08. The summed E-state index contributed by atoms with van der Waals surface area (Å²) in [6, 6.07) is 6.18. The molecular formula is C20H24N2O2S. The average Bonchev–Trinajstić information content (AvgIpc) is 3.01. The Morgan fingerprint density at radius 3 is 2.72 bits per heavy atom. The Labute approximate surface area is 153 Å². The van der Waals surface area contributed by atoms with E-state index in [-0.39, 0.29) is 0 Å². The quantitative estimate of drug-likeness (QED) is 0.743. The van der Waals surface area contributed by atoms with Gasteiger partial charge in [0.05, 0.1) is 18.1 Å². The molecule has 3 heterocycles. The Hall–Kier alpha value is -2.01. The van der Waals surface area contributed by atoms with Crippen molar-refractivity contribution in [2.24, 2.45) is 5.92 Å². The molecule has 0 bridgehead atoms. The Morgan fingerprint density at radius 2 is 1.96 bits per heavy atom. The molecule has 4 nitrogen and oxygen atoms in total. The first-order valence-electron chi connectivity index (χ1n) is 8.97. The van der Waals surface area contributed by atoms with E-state index in [0.717, 1.165) is 48.3 Å². The van der Waals surface area contributed by atoms with E-state index >= 15 is 0 Å². The van der Waals surface area contributed by atoms with Crippen LogP contribution in [0.4, 0.5) is 5.13 Å². The number of hydrogen-bond donors (Lipinski definition) is 0. The predicted molar refractivity (Wildman–Crippen MR) is 103 cm³/mol. The normalized spacial score (nSPS) is 18.0. The molecule has 2 aromatic rings. The van der Waals surface area contributed by atoms with Crippen molar-refractivity contribution in [1.82, 2.24) is 4.98 Å². The van der Waals surface area contributed by atoms with Gasteiger partial charge in [0.15, 0.2) is 16.6 Å². The van der Waals surface area contributed by atoms with Crippen LogP contribution in [0.5, 0.6) is 11.5 Å². The SMILES string of the molecule is C=C(C)C1CCN(c2ncc(-c3ccc4c(c3)OCCCO4)s2)CC1. The first-order chi connectivity index (χ1) is 12.2. The fourth-order valence-electron chi connectivity index (χ4n) is 3.42. The van der Waals surface area contributed by atoms with Crippen molar-refractivity contribution in [3.8, 4) is 21.9 Å². The van der Waals surface area contributed by atoms with Crippen LogP contribution in [-0.2, 0) is 0 Å². The zero-order valence-electron chi connectivity index (χ0n) is 14.7. The number of ether oxygens (including phenoxy) is 2. The van der Waals surface area contributed by atoms with Crippen molar-refractivity contribution in [2.75, 3.05) is 31.2 Å². The first-order valence-corrected chi connectivity index (χ1v) is 9.78. The molecule has 0 radical (unpaired) electrons. The van der Waals surface area contributed by atoms with Gasteiger partial charge in [-0.25, -0.2) is 4.98 Å². The highest BCUT2D eigenvalue weighted by atomic mass is 32.1. The van der Waals surface area contributed by atoms with Crippen LogP contribution in [0, 0.1) is 5.92 Å². The standard InChI is InChI=1S/C20H24N2O2S/c1-14(2)15-6-8-22(9-7-15)20-21-13-19(25-20)16-4-5-17-18(12-16)24-11-3-10-23-17/h4-5,12-13,15H,1,3,6-11H2,2H3. The van der Waals surface area contributed by atoms with Crippen molar-refractivity contribution in [3.05, 3.63) is 36.5 Å². The average molecular weight is 356 g/mol. The number of nitrogens with zero attached hydrogens (tertiary/aromatic N) is 2. The van der Waals surface area contributed by atoms with Crippen molar-refractivity contribution >= 4 is 16.5 Å². The summed E-state index contributed by atoms with van der Waals surface area (Å²) >= 11 is 1.75. The van der Waals surface area contributed by atoms with Crippen molar-refractivity contribution < 1.29 is 9.47 Å². The molecule has 25 heavy (non-hydrogen) atoms. The molecule has 1 aromatic heterocycles. The second-order valence-electron chi connectivity index (χ2n) is 6.83. The van der Waals surface area contributed by atoms with Crippen molar-refractivity contribution in [1.29, 1.82) is 0 Å². The lowest BCUT2D eigenvalue weighted by Crippen LogP contribution is -2.33. The van der Waals surface area contributed by atoms with Gasteiger partial charge in [-0.2, -0.15) is 0 Å². The minimum Gasteiger partial charge on any atom is -0.490 e. The van der Waals surface area contributed by atoms with Gasteiger partial charge in [-0.15, -0.1) is 0 Å². The summed E-state index contributed by atoms with van der Waals surface area (Å²) in [7, 11) is 0. The summed E-state index contributed by atoms with van der Waals surface area (Å²) in [5.41, 5.74) is 2.46. The topological polar surface area (TPSA) is 34.6 Å². The maximum Gasteiger partial charge on any atom is 0.185 e. The summed E-state index contributed by atoms with van der Waals surface area (Å²) in [6.45, 7) is 9.81. The fourth-order valence-corrected chi connectivity index (χ4v) is 4.39. The van der Waals surface area contributed by atoms with Crippen LogP contribution in [0.15, 0.2) is 36.5 Å². The highest BCUT2D eigenvalue weighted by molar-refractivity contribution is 7.18. The number of thiazole rings is 1. The minimum absolute atomic E-state index is 0.664. The number of rotatable bonds is 3. The smallest absolute Gasteiger partial charge is 0.185 e. The number of fused-ring (bicyclic) bond motifs is 1. The van der Waals surface area contributed by atoms with Crippen LogP contribution < -0.4 is 14.4 Å². The first kappa shape index (κ1) is 16.5. The van der Waals surface area contributed by atoms with E-state index < -0.39 is 0 Å². The molecule has 0 unspecified atom stereocenters. The third kappa shape index (κ3) is 3.52. The Kier molecular flexibility index (Phi) is 4.66. The van der Waals surface area contributed by atoms with Gasteiger partial charge >= 0.3 is 0 Å². The fraction of sp³-hybridized carbons (Fsp3) is 0.450. The van der Waals surface area contributed by atoms with Gasteiger partial charge in [-0.05, 0) is 49.4 Å². The lowest BCUT2D eigenvalue weighted by atomic mass is 9.91. The van der Waals surface area contributed by atoms with E-state index in [1.807, 2.05) is 12.3 Å². The zero-order chi connectivity index (χ0) is 17.2.